The number of fused-ring (bicyclic) bond motifs is 1. The molecule has 1 saturated carbocycles. The van der Waals surface area contributed by atoms with Crippen molar-refractivity contribution < 1.29 is 0 Å². The zero-order valence-corrected chi connectivity index (χ0v) is 12.2. The molecule has 0 saturated heterocycles. The smallest absolute Gasteiger partial charge is 0.0890 e. The zero-order valence-electron chi connectivity index (χ0n) is 12.2. The number of para-hydroxylation sites is 2. The Kier molecular flexibility index (Phi) is 3.97. The lowest BCUT2D eigenvalue weighted by molar-refractivity contribution is 0.268. The molecule has 1 fully saturated rings. The summed E-state index contributed by atoms with van der Waals surface area (Å²) in [6, 6.07) is 8.04. The Bertz CT molecular complexity index is 573. The maximum Gasteiger partial charge on any atom is 0.0890 e. The van der Waals surface area contributed by atoms with Crippen LogP contribution in [0.15, 0.2) is 30.5 Å². The molecule has 0 aliphatic heterocycles. The highest BCUT2D eigenvalue weighted by Crippen LogP contribution is 2.40. The SMILES string of the molecule is CCC1(CNCc2cnc3ccccc3n2)CCCC1. The second kappa shape index (κ2) is 5.88. The van der Waals surface area contributed by atoms with Crippen molar-refractivity contribution in [2.45, 2.75) is 45.6 Å². The predicted octanol–water partition coefficient (Wildman–Crippen LogP) is 3.69. The molecule has 2 aromatic rings. The van der Waals surface area contributed by atoms with E-state index in [0.29, 0.717) is 5.41 Å². The fraction of sp³-hybridized carbons (Fsp3) is 0.529. The van der Waals surface area contributed by atoms with Crippen LogP contribution in [0.25, 0.3) is 11.0 Å². The van der Waals surface area contributed by atoms with Crippen molar-refractivity contribution in [3.63, 3.8) is 0 Å². The molecule has 1 N–H and O–H groups in total. The molecule has 20 heavy (non-hydrogen) atoms. The first-order valence-electron chi connectivity index (χ1n) is 7.73. The van der Waals surface area contributed by atoms with Gasteiger partial charge in [0, 0.05) is 13.1 Å². The van der Waals surface area contributed by atoms with Gasteiger partial charge in [-0.15, -0.1) is 0 Å². The van der Waals surface area contributed by atoms with Gasteiger partial charge in [0.05, 0.1) is 22.9 Å². The summed E-state index contributed by atoms with van der Waals surface area (Å²) in [6.45, 7) is 4.25. The molecule has 3 nitrogen and oxygen atoms in total. The molecule has 0 amide bonds. The first-order chi connectivity index (χ1) is 9.81. The highest BCUT2D eigenvalue weighted by atomic mass is 14.9. The molecule has 3 heteroatoms. The third-order valence-corrected chi connectivity index (χ3v) is 4.72. The van der Waals surface area contributed by atoms with Gasteiger partial charge in [0.2, 0.25) is 0 Å². The van der Waals surface area contributed by atoms with Gasteiger partial charge in [-0.05, 0) is 36.8 Å². The molecule has 1 aromatic carbocycles. The van der Waals surface area contributed by atoms with Crippen LogP contribution in [0, 0.1) is 5.41 Å². The first kappa shape index (κ1) is 13.5. The molecular formula is C17H23N3. The average molecular weight is 269 g/mol. The quantitative estimate of drug-likeness (QED) is 0.899. The van der Waals surface area contributed by atoms with E-state index in [1.807, 2.05) is 30.5 Å². The summed E-state index contributed by atoms with van der Waals surface area (Å²) in [5.41, 5.74) is 3.52. The molecule has 1 aromatic heterocycles. The zero-order chi connectivity index (χ0) is 13.8. The molecule has 3 rings (SSSR count). The summed E-state index contributed by atoms with van der Waals surface area (Å²) < 4.78 is 0. The minimum absolute atomic E-state index is 0.532. The lowest BCUT2D eigenvalue weighted by Gasteiger charge is -2.27. The van der Waals surface area contributed by atoms with Gasteiger partial charge in [0.1, 0.15) is 0 Å². The first-order valence-corrected chi connectivity index (χ1v) is 7.73. The van der Waals surface area contributed by atoms with Crippen molar-refractivity contribution in [2.75, 3.05) is 6.54 Å². The van der Waals surface area contributed by atoms with Gasteiger partial charge in [0.15, 0.2) is 0 Å². The Morgan fingerprint density at radius 1 is 1.15 bits per heavy atom. The van der Waals surface area contributed by atoms with Gasteiger partial charge < -0.3 is 5.32 Å². The van der Waals surface area contributed by atoms with Gasteiger partial charge in [-0.3, -0.25) is 4.98 Å². The number of hydrogen-bond donors (Lipinski definition) is 1. The van der Waals surface area contributed by atoms with Gasteiger partial charge >= 0.3 is 0 Å². The fourth-order valence-electron chi connectivity index (χ4n) is 3.32. The van der Waals surface area contributed by atoms with E-state index < -0.39 is 0 Å². The third kappa shape index (κ3) is 2.83. The van der Waals surface area contributed by atoms with Crippen molar-refractivity contribution in [3.8, 4) is 0 Å². The van der Waals surface area contributed by atoms with E-state index in [2.05, 4.69) is 22.2 Å². The Morgan fingerprint density at radius 2 is 1.90 bits per heavy atom. The maximum atomic E-state index is 4.66. The number of nitrogens with one attached hydrogen (secondary N) is 1. The number of aromatic nitrogens is 2. The van der Waals surface area contributed by atoms with Crippen molar-refractivity contribution in [1.82, 2.24) is 15.3 Å². The van der Waals surface area contributed by atoms with Crippen molar-refractivity contribution in [2.24, 2.45) is 5.41 Å². The molecule has 0 spiro atoms. The minimum Gasteiger partial charge on any atom is -0.311 e. The summed E-state index contributed by atoms with van der Waals surface area (Å²) >= 11 is 0. The predicted molar refractivity (Wildman–Crippen MR) is 82.4 cm³/mol. The standard InChI is InChI=1S/C17H23N3/c1-2-17(9-5-6-10-17)13-18-11-14-12-19-15-7-3-4-8-16(15)20-14/h3-4,7-8,12,18H,2,5-6,9-11,13H2,1H3. The minimum atomic E-state index is 0.532. The molecule has 1 aliphatic rings. The lowest BCUT2D eigenvalue weighted by atomic mass is 9.83. The fourth-order valence-corrected chi connectivity index (χ4v) is 3.32. The van der Waals surface area contributed by atoms with E-state index in [1.54, 1.807) is 0 Å². The van der Waals surface area contributed by atoms with Gasteiger partial charge in [0.25, 0.3) is 0 Å². The van der Waals surface area contributed by atoms with E-state index in [9.17, 15) is 0 Å². The van der Waals surface area contributed by atoms with E-state index >= 15 is 0 Å². The van der Waals surface area contributed by atoms with Crippen LogP contribution in [0.4, 0.5) is 0 Å². The maximum absolute atomic E-state index is 4.66. The van der Waals surface area contributed by atoms with Crippen LogP contribution >= 0.6 is 0 Å². The molecule has 0 bridgehead atoms. The number of rotatable bonds is 5. The second-order valence-corrected chi connectivity index (χ2v) is 6.01. The highest BCUT2D eigenvalue weighted by molar-refractivity contribution is 5.73. The van der Waals surface area contributed by atoms with Crippen LogP contribution in [0.2, 0.25) is 0 Å². The van der Waals surface area contributed by atoms with Gasteiger partial charge in [-0.25, -0.2) is 4.98 Å². The summed E-state index contributed by atoms with van der Waals surface area (Å²) in [5.74, 6) is 0. The average Bonchev–Trinajstić information content (AvgIpc) is 2.96. The summed E-state index contributed by atoms with van der Waals surface area (Å²) in [6.07, 6.45) is 8.71. The van der Waals surface area contributed by atoms with Crippen molar-refractivity contribution in [1.29, 1.82) is 0 Å². The summed E-state index contributed by atoms with van der Waals surface area (Å²) in [5, 5.41) is 3.60. The van der Waals surface area contributed by atoms with Gasteiger partial charge in [-0.2, -0.15) is 0 Å². The molecule has 0 unspecified atom stereocenters. The normalized spacial score (nSPS) is 17.6. The van der Waals surface area contributed by atoms with Gasteiger partial charge in [-0.1, -0.05) is 31.9 Å². The third-order valence-electron chi connectivity index (χ3n) is 4.72. The molecule has 1 aliphatic carbocycles. The van der Waals surface area contributed by atoms with E-state index in [1.165, 1.54) is 32.1 Å². The highest BCUT2D eigenvalue weighted by Gasteiger charge is 2.31. The molecule has 0 radical (unpaired) electrons. The Hall–Kier alpha value is -1.48. The summed E-state index contributed by atoms with van der Waals surface area (Å²) in [7, 11) is 0. The van der Waals surface area contributed by atoms with E-state index in [0.717, 1.165) is 29.8 Å². The second-order valence-electron chi connectivity index (χ2n) is 6.01. The van der Waals surface area contributed by atoms with Crippen molar-refractivity contribution in [3.05, 3.63) is 36.2 Å². The van der Waals surface area contributed by atoms with E-state index in [-0.39, 0.29) is 0 Å². The molecule has 0 atom stereocenters. The van der Waals surface area contributed by atoms with Crippen LogP contribution < -0.4 is 5.32 Å². The van der Waals surface area contributed by atoms with Crippen LogP contribution in [0.5, 0.6) is 0 Å². The van der Waals surface area contributed by atoms with Crippen LogP contribution in [-0.2, 0) is 6.54 Å². The molecule has 106 valence electrons. The monoisotopic (exact) mass is 269 g/mol. The largest absolute Gasteiger partial charge is 0.311 e. The van der Waals surface area contributed by atoms with E-state index in [4.69, 9.17) is 0 Å². The molecule has 1 heterocycles. The summed E-state index contributed by atoms with van der Waals surface area (Å²) in [4.78, 5) is 9.13. The molecular weight excluding hydrogens is 246 g/mol. The number of nitrogens with zero attached hydrogens (tertiary/aromatic N) is 2. The lowest BCUT2D eigenvalue weighted by Crippen LogP contribution is -2.31. The topological polar surface area (TPSA) is 37.8 Å². The van der Waals surface area contributed by atoms with Crippen LogP contribution in [-0.4, -0.2) is 16.5 Å². The Morgan fingerprint density at radius 3 is 2.65 bits per heavy atom. The van der Waals surface area contributed by atoms with Crippen LogP contribution in [0.1, 0.15) is 44.7 Å². The Labute approximate surface area is 120 Å². The number of benzene rings is 1. The van der Waals surface area contributed by atoms with Crippen LogP contribution in [0.3, 0.4) is 0 Å². The Balaban J connectivity index is 1.62. The van der Waals surface area contributed by atoms with Crippen molar-refractivity contribution >= 4 is 11.0 Å². The number of hydrogen-bond acceptors (Lipinski definition) is 3.